The quantitative estimate of drug-likeness (QED) is 0.291. The molecule has 3 N–H and O–H groups in total. The van der Waals surface area contributed by atoms with Crippen LogP contribution in [0.5, 0.6) is 0 Å². The molecule has 4 aromatic rings. The van der Waals surface area contributed by atoms with Gasteiger partial charge in [0.2, 0.25) is 17.8 Å². The number of hydrogen-bond acceptors (Lipinski definition) is 10. The van der Waals surface area contributed by atoms with Crippen molar-refractivity contribution in [2.24, 2.45) is 7.05 Å². The third kappa shape index (κ3) is 5.93. The van der Waals surface area contributed by atoms with E-state index in [1.807, 2.05) is 37.5 Å². The second-order valence-electron chi connectivity index (χ2n) is 10.4. The summed E-state index contributed by atoms with van der Waals surface area (Å²) >= 11 is 0. The lowest BCUT2D eigenvalue weighted by atomic mass is 9.81. The van der Waals surface area contributed by atoms with Gasteiger partial charge in [-0.25, -0.2) is 18.7 Å². The number of amides is 1. The fourth-order valence-electron chi connectivity index (χ4n) is 5.25. The summed E-state index contributed by atoms with van der Waals surface area (Å²) in [5.74, 6) is -3.59. The molecule has 0 spiro atoms. The van der Waals surface area contributed by atoms with Gasteiger partial charge in [-0.15, -0.1) is 10.2 Å². The van der Waals surface area contributed by atoms with E-state index in [9.17, 15) is 18.7 Å². The second-order valence-corrected chi connectivity index (χ2v) is 10.4. The highest BCUT2D eigenvalue weighted by molar-refractivity contribution is 5.89. The van der Waals surface area contributed by atoms with Crippen molar-refractivity contribution in [3.05, 3.63) is 65.8 Å². The van der Waals surface area contributed by atoms with Crippen LogP contribution >= 0.6 is 0 Å². The number of fused-ring (bicyclic) bond motifs is 1. The number of carbonyl (C=O) groups excluding carboxylic acids is 1. The molecule has 0 saturated heterocycles. The minimum absolute atomic E-state index is 0.00626. The maximum atomic E-state index is 13.3. The van der Waals surface area contributed by atoms with Crippen LogP contribution in [0.1, 0.15) is 58.9 Å². The summed E-state index contributed by atoms with van der Waals surface area (Å²) in [5.41, 5.74) is 4.25. The number of halogens is 2. The number of alkyl halides is 2. The monoisotopic (exact) mass is 565 g/mol. The SMILES string of the molecule is Cn1cc(Nc2nccc(-c3ccc4c(c3)CN(CCO)CCC4NC(=O)c3nnc(C4CC(F)(F)C4)o3)n2)cn1. The van der Waals surface area contributed by atoms with Gasteiger partial charge in [-0.2, -0.15) is 5.10 Å². The molecule has 6 rings (SSSR count). The van der Waals surface area contributed by atoms with E-state index in [1.54, 1.807) is 17.1 Å². The number of anilines is 2. The number of nitrogens with zero attached hydrogens (tertiary/aromatic N) is 7. The summed E-state index contributed by atoms with van der Waals surface area (Å²) in [5, 5.41) is 27.5. The molecule has 1 atom stereocenters. The molecule has 12 nitrogen and oxygen atoms in total. The van der Waals surface area contributed by atoms with Gasteiger partial charge >= 0.3 is 11.8 Å². The molecule has 1 aliphatic carbocycles. The van der Waals surface area contributed by atoms with Gasteiger partial charge in [0.25, 0.3) is 0 Å². The van der Waals surface area contributed by atoms with E-state index < -0.39 is 17.7 Å². The first kappa shape index (κ1) is 26.9. The highest BCUT2D eigenvalue weighted by atomic mass is 19.3. The highest BCUT2D eigenvalue weighted by Crippen LogP contribution is 2.47. The van der Waals surface area contributed by atoms with Gasteiger partial charge in [0.1, 0.15) is 0 Å². The molecular weight excluding hydrogens is 536 g/mol. The molecule has 3 aromatic heterocycles. The Balaban J connectivity index is 1.23. The van der Waals surface area contributed by atoms with Crippen LogP contribution in [-0.4, -0.2) is 71.5 Å². The summed E-state index contributed by atoms with van der Waals surface area (Å²) in [6, 6.07) is 7.39. The molecule has 0 radical (unpaired) electrons. The smallest absolute Gasteiger partial charge is 0.309 e. The largest absolute Gasteiger partial charge is 0.417 e. The minimum Gasteiger partial charge on any atom is -0.417 e. The number of β-amino-alcohol motifs (C(OH)–C–C–N with tert-alkyl or cyclic N) is 1. The Morgan fingerprint density at radius 2 is 2.10 bits per heavy atom. The van der Waals surface area contributed by atoms with Crippen molar-refractivity contribution in [3.63, 3.8) is 0 Å². The van der Waals surface area contributed by atoms with Crippen LogP contribution in [0.3, 0.4) is 0 Å². The van der Waals surface area contributed by atoms with Gasteiger partial charge in [0.15, 0.2) is 0 Å². The van der Waals surface area contributed by atoms with Gasteiger partial charge in [-0.1, -0.05) is 12.1 Å². The predicted molar refractivity (Wildman–Crippen MR) is 142 cm³/mol. The topological polar surface area (TPSA) is 147 Å². The van der Waals surface area contributed by atoms with E-state index >= 15 is 0 Å². The average molecular weight is 566 g/mol. The van der Waals surface area contributed by atoms with Crippen molar-refractivity contribution in [1.82, 2.24) is 40.2 Å². The maximum Gasteiger partial charge on any atom is 0.309 e. The van der Waals surface area contributed by atoms with Crippen molar-refractivity contribution in [1.29, 1.82) is 0 Å². The van der Waals surface area contributed by atoms with Crippen LogP contribution in [0.15, 0.2) is 47.3 Å². The highest BCUT2D eigenvalue weighted by Gasteiger charge is 2.48. The number of aromatic nitrogens is 6. The van der Waals surface area contributed by atoms with Gasteiger partial charge in [0.05, 0.1) is 30.2 Å². The Morgan fingerprint density at radius 3 is 2.85 bits per heavy atom. The molecule has 14 heteroatoms. The van der Waals surface area contributed by atoms with Gasteiger partial charge in [0, 0.05) is 63.4 Å². The minimum atomic E-state index is -2.73. The Kier molecular flexibility index (Phi) is 7.17. The average Bonchev–Trinajstić information content (AvgIpc) is 3.55. The summed E-state index contributed by atoms with van der Waals surface area (Å²) in [7, 11) is 1.83. The number of rotatable bonds is 8. The van der Waals surface area contributed by atoms with Crippen LogP contribution in [0.25, 0.3) is 11.3 Å². The van der Waals surface area contributed by atoms with Crippen molar-refractivity contribution >= 4 is 17.5 Å². The molecule has 4 heterocycles. The Bertz CT molecular complexity index is 1550. The Labute approximate surface area is 233 Å². The normalized spacial score (nSPS) is 18.8. The summed E-state index contributed by atoms with van der Waals surface area (Å²) in [4.78, 5) is 24.1. The molecule has 1 amide bonds. The zero-order valence-corrected chi connectivity index (χ0v) is 22.3. The van der Waals surface area contributed by atoms with E-state index in [-0.39, 0.29) is 37.3 Å². The number of aryl methyl sites for hydroxylation is 1. The third-order valence-corrected chi connectivity index (χ3v) is 7.35. The van der Waals surface area contributed by atoms with E-state index in [2.05, 4.69) is 40.8 Å². The van der Waals surface area contributed by atoms with Crippen LogP contribution in [-0.2, 0) is 13.6 Å². The summed E-state index contributed by atoms with van der Waals surface area (Å²) in [6.07, 6.45) is 5.05. The fraction of sp³-hybridized carbons (Fsp3) is 0.407. The molecule has 1 aliphatic heterocycles. The van der Waals surface area contributed by atoms with Crippen LogP contribution in [0, 0.1) is 0 Å². The molecule has 41 heavy (non-hydrogen) atoms. The second kappa shape index (κ2) is 10.9. The van der Waals surface area contributed by atoms with Crippen molar-refractivity contribution in [2.45, 2.75) is 43.7 Å². The third-order valence-electron chi connectivity index (χ3n) is 7.35. The summed E-state index contributed by atoms with van der Waals surface area (Å²) in [6.45, 7) is 1.69. The Hall–Kier alpha value is -4.30. The van der Waals surface area contributed by atoms with E-state index in [0.717, 1.165) is 22.4 Å². The predicted octanol–water partition coefficient (Wildman–Crippen LogP) is 3.19. The van der Waals surface area contributed by atoms with E-state index in [4.69, 9.17) is 4.42 Å². The van der Waals surface area contributed by atoms with Crippen molar-refractivity contribution < 1.29 is 23.1 Å². The number of aliphatic hydroxyl groups excluding tert-OH is 1. The molecule has 2 aliphatic rings. The number of benzene rings is 1. The molecule has 1 unspecified atom stereocenters. The van der Waals surface area contributed by atoms with E-state index in [0.29, 0.717) is 37.7 Å². The first-order valence-corrected chi connectivity index (χ1v) is 13.3. The summed E-state index contributed by atoms with van der Waals surface area (Å²) < 4.78 is 33.7. The molecule has 1 aromatic carbocycles. The first-order chi connectivity index (χ1) is 19.8. The van der Waals surface area contributed by atoms with E-state index in [1.165, 1.54) is 0 Å². The number of nitrogens with one attached hydrogen (secondary N) is 2. The first-order valence-electron chi connectivity index (χ1n) is 13.3. The zero-order valence-electron chi connectivity index (χ0n) is 22.3. The van der Waals surface area contributed by atoms with Gasteiger partial charge in [-0.3, -0.25) is 14.4 Å². The number of carbonyl (C=O) groups is 1. The lowest BCUT2D eigenvalue weighted by molar-refractivity contribution is -0.0918. The lowest BCUT2D eigenvalue weighted by Crippen LogP contribution is -2.33. The molecule has 214 valence electrons. The lowest BCUT2D eigenvalue weighted by Gasteiger charge is -2.32. The molecule has 1 saturated carbocycles. The fourth-order valence-corrected chi connectivity index (χ4v) is 5.25. The standard InChI is InChI=1S/C27H29F2N9O3/c1-37-15-19(13-31-37)32-26-30-6-4-21(34-26)16-2-3-20-17(10-16)14-38(8-9-39)7-5-22(20)33-23(40)25-36-35-24(41-25)18-11-27(28,29)12-18/h2-4,6,10,13,15,18,22,39H,5,7-9,11-12,14H2,1H3,(H,33,40)(H,30,32,34). The number of aliphatic hydroxyl groups is 1. The molecule has 0 bridgehead atoms. The van der Waals surface area contributed by atoms with Gasteiger partial charge in [-0.05, 0) is 29.7 Å². The molecule has 1 fully saturated rings. The van der Waals surface area contributed by atoms with Crippen LogP contribution in [0.4, 0.5) is 20.4 Å². The maximum absolute atomic E-state index is 13.3. The van der Waals surface area contributed by atoms with Crippen molar-refractivity contribution in [2.75, 3.05) is 25.0 Å². The number of hydrogen-bond donors (Lipinski definition) is 3. The van der Waals surface area contributed by atoms with Crippen LogP contribution in [0.2, 0.25) is 0 Å². The van der Waals surface area contributed by atoms with Gasteiger partial charge < -0.3 is 20.2 Å². The zero-order chi connectivity index (χ0) is 28.6. The van der Waals surface area contributed by atoms with Crippen LogP contribution < -0.4 is 10.6 Å². The van der Waals surface area contributed by atoms with Crippen molar-refractivity contribution in [3.8, 4) is 11.3 Å². The molecular formula is C27H29F2N9O3. The Morgan fingerprint density at radius 1 is 1.24 bits per heavy atom.